The van der Waals surface area contributed by atoms with E-state index >= 15 is 0 Å². The van der Waals surface area contributed by atoms with Crippen molar-refractivity contribution in [3.05, 3.63) is 0 Å². The Morgan fingerprint density at radius 2 is 1.81 bits per heavy atom. The van der Waals surface area contributed by atoms with Crippen molar-refractivity contribution < 1.29 is 9.09 Å². The van der Waals surface area contributed by atoms with E-state index in [4.69, 9.17) is 27.7 Å². The molecule has 1 aliphatic rings. The van der Waals surface area contributed by atoms with Crippen LogP contribution in [0, 0.1) is 0 Å². The highest BCUT2D eigenvalue weighted by molar-refractivity contribution is 7.54. The fourth-order valence-electron chi connectivity index (χ4n) is 2.59. The second kappa shape index (κ2) is 11.3. The molecule has 126 valence electrons. The molecular weight excluding hydrogens is 330 g/mol. The van der Waals surface area contributed by atoms with Gasteiger partial charge in [-0.05, 0) is 12.8 Å². The number of unbranched alkanes of at least 4 members (excludes halogenated alkanes) is 4. The van der Waals surface area contributed by atoms with Crippen molar-refractivity contribution in [3.8, 4) is 0 Å². The van der Waals surface area contributed by atoms with Crippen LogP contribution in [-0.4, -0.2) is 53.9 Å². The molecule has 1 heterocycles. The molecule has 0 saturated carbocycles. The van der Waals surface area contributed by atoms with E-state index in [1.165, 1.54) is 25.7 Å². The van der Waals surface area contributed by atoms with Gasteiger partial charge in [0.2, 0.25) is 0 Å². The SMILES string of the molecule is CCCCCCCN1CCCOP1(=O)N(CCCl)CCCl. The zero-order valence-electron chi connectivity index (χ0n) is 13.1. The lowest BCUT2D eigenvalue weighted by atomic mass is 10.1. The molecule has 0 aromatic rings. The van der Waals surface area contributed by atoms with Gasteiger partial charge in [-0.1, -0.05) is 32.6 Å². The smallest absolute Gasteiger partial charge is 0.306 e. The van der Waals surface area contributed by atoms with Crippen LogP contribution in [0.4, 0.5) is 0 Å². The van der Waals surface area contributed by atoms with Gasteiger partial charge in [0.1, 0.15) is 0 Å². The summed E-state index contributed by atoms with van der Waals surface area (Å²) >= 11 is 11.7. The van der Waals surface area contributed by atoms with Gasteiger partial charge in [0.15, 0.2) is 0 Å². The van der Waals surface area contributed by atoms with Crippen molar-refractivity contribution >= 4 is 30.9 Å². The second-order valence-corrected chi connectivity index (χ2v) is 8.50. The lowest BCUT2D eigenvalue weighted by Gasteiger charge is -2.40. The maximum atomic E-state index is 13.3. The molecule has 0 amide bonds. The first-order valence-electron chi connectivity index (χ1n) is 8.06. The molecule has 0 aliphatic carbocycles. The van der Waals surface area contributed by atoms with Crippen molar-refractivity contribution in [3.63, 3.8) is 0 Å². The predicted octanol–water partition coefficient (Wildman–Crippen LogP) is 4.57. The van der Waals surface area contributed by atoms with Gasteiger partial charge in [-0.2, -0.15) is 0 Å². The van der Waals surface area contributed by atoms with Gasteiger partial charge in [0, 0.05) is 37.9 Å². The average Bonchev–Trinajstić information content (AvgIpc) is 2.48. The van der Waals surface area contributed by atoms with Crippen molar-refractivity contribution in [2.45, 2.75) is 45.4 Å². The third kappa shape index (κ3) is 6.37. The van der Waals surface area contributed by atoms with Crippen LogP contribution in [0.2, 0.25) is 0 Å². The normalized spacial score (nSPS) is 23.8. The summed E-state index contributed by atoms with van der Waals surface area (Å²) in [5.74, 6) is 0.878. The van der Waals surface area contributed by atoms with E-state index < -0.39 is 7.67 Å². The summed E-state index contributed by atoms with van der Waals surface area (Å²) in [6, 6.07) is 0. The fraction of sp³-hybridized carbons (Fsp3) is 1.00. The first kappa shape index (κ1) is 19.7. The Morgan fingerprint density at radius 1 is 1.14 bits per heavy atom. The van der Waals surface area contributed by atoms with E-state index in [-0.39, 0.29) is 0 Å². The number of hydrogen-bond acceptors (Lipinski definition) is 2. The highest BCUT2D eigenvalue weighted by Crippen LogP contribution is 2.56. The van der Waals surface area contributed by atoms with Gasteiger partial charge in [-0.3, -0.25) is 4.57 Å². The molecule has 0 spiro atoms. The number of alkyl halides is 2. The number of rotatable bonds is 11. The first-order chi connectivity index (χ1) is 10.2. The third-order valence-electron chi connectivity index (χ3n) is 3.74. The van der Waals surface area contributed by atoms with Gasteiger partial charge in [0.25, 0.3) is 0 Å². The van der Waals surface area contributed by atoms with Crippen molar-refractivity contribution in [2.75, 3.05) is 44.5 Å². The van der Waals surface area contributed by atoms with E-state index in [9.17, 15) is 4.57 Å². The Hall–Kier alpha value is 0.690. The zero-order chi connectivity index (χ0) is 15.6. The first-order valence-corrected chi connectivity index (χ1v) is 10.7. The molecule has 1 fully saturated rings. The summed E-state index contributed by atoms with van der Waals surface area (Å²) in [6.07, 6.45) is 6.97. The topological polar surface area (TPSA) is 32.8 Å². The minimum Gasteiger partial charge on any atom is -0.306 e. The quantitative estimate of drug-likeness (QED) is 0.307. The highest BCUT2D eigenvalue weighted by atomic mass is 35.5. The molecule has 1 rings (SSSR count). The van der Waals surface area contributed by atoms with Crippen LogP contribution in [-0.2, 0) is 9.09 Å². The summed E-state index contributed by atoms with van der Waals surface area (Å²) in [5.41, 5.74) is 0. The van der Waals surface area contributed by atoms with Crippen LogP contribution in [0.1, 0.15) is 45.4 Å². The van der Waals surface area contributed by atoms with E-state index in [0.29, 0.717) is 31.5 Å². The lowest BCUT2D eigenvalue weighted by molar-refractivity contribution is 0.166. The molecular formula is C14H29Cl2N2O2P. The highest BCUT2D eigenvalue weighted by Gasteiger charge is 2.40. The standard InChI is InChI=1S/C14H29Cl2N2O2P/c1-2-3-4-5-6-10-17-11-7-14-20-21(17,19)18(12-8-15)13-9-16/h2-14H2,1H3. The summed E-state index contributed by atoms with van der Waals surface area (Å²) in [6.45, 7) is 5.55. The monoisotopic (exact) mass is 358 g/mol. The van der Waals surface area contributed by atoms with Crippen LogP contribution in [0.3, 0.4) is 0 Å². The Morgan fingerprint density at radius 3 is 2.43 bits per heavy atom. The molecule has 0 radical (unpaired) electrons. The van der Waals surface area contributed by atoms with Crippen LogP contribution in [0.25, 0.3) is 0 Å². The van der Waals surface area contributed by atoms with E-state index in [0.717, 1.165) is 25.9 Å². The van der Waals surface area contributed by atoms with Crippen molar-refractivity contribution in [1.29, 1.82) is 0 Å². The van der Waals surface area contributed by atoms with Crippen LogP contribution < -0.4 is 0 Å². The van der Waals surface area contributed by atoms with E-state index in [1.807, 2.05) is 9.34 Å². The molecule has 0 aromatic carbocycles. The van der Waals surface area contributed by atoms with Gasteiger partial charge in [-0.15, -0.1) is 23.2 Å². The molecule has 1 saturated heterocycles. The Kier molecular flexibility index (Phi) is 10.6. The maximum Gasteiger partial charge on any atom is 0.346 e. The van der Waals surface area contributed by atoms with Crippen molar-refractivity contribution in [1.82, 2.24) is 9.34 Å². The summed E-state index contributed by atoms with van der Waals surface area (Å²) in [7, 11) is -2.92. The van der Waals surface area contributed by atoms with Gasteiger partial charge in [-0.25, -0.2) is 9.34 Å². The minimum atomic E-state index is -2.92. The molecule has 7 heteroatoms. The zero-order valence-corrected chi connectivity index (χ0v) is 15.5. The summed E-state index contributed by atoms with van der Waals surface area (Å²) < 4.78 is 22.9. The third-order valence-corrected chi connectivity index (χ3v) is 6.83. The molecule has 1 unspecified atom stereocenters. The predicted molar refractivity (Wildman–Crippen MR) is 91.5 cm³/mol. The maximum absolute atomic E-state index is 13.3. The van der Waals surface area contributed by atoms with Crippen LogP contribution in [0.15, 0.2) is 0 Å². The molecule has 1 atom stereocenters. The van der Waals surface area contributed by atoms with Crippen molar-refractivity contribution in [2.24, 2.45) is 0 Å². The fourth-order valence-corrected chi connectivity index (χ4v) is 5.78. The summed E-state index contributed by atoms with van der Waals surface area (Å²) in [5, 5.41) is 0. The van der Waals surface area contributed by atoms with Crippen LogP contribution in [0.5, 0.6) is 0 Å². The molecule has 0 aromatic heterocycles. The van der Waals surface area contributed by atoms with E-state index in [2.05, 4.69) is 6.92 Å². The lowest BCUT2D eigenvalue weighted by Crippen LogP contribution is -2.39. The number of hydrogen-bond donors (Lipinski definition) is 0. The van der Waals surface area contributed by atoms with Gasteiger partial charge >= 0.3 is 7.67 Å². The number of nitrogens with zero attached hydrogens (tertiary/aromatic N) is 2. The molecule has 0 bridgehead atoms. The number of halogens is 2. The Balaban J connectivity index is 2.58. The molecule has 0 N–H and O–H groups in total. The van der Waals surface area contributed by atoms with Gasteiger partial charge < -0.3 is 4.52 Å². The average molecular weight is 359 g/mol. The Labute approximate surface area is 139 Å². The summed E-state index contributed by atoms with van der Waals surface area (Å²) in [4.78, 5) is 0. The molecule has 4 nitrogen and oxygen atoms in total. The molecule has 1 aliphatic heterocycles. The van der Waals surface area contributed by atoms with Crippen LogP contribution >= 0.6 is 30.9 Å². The molecule has 21 heavy (non-hydrogen) atoms. The Bertz CT molecular complexity index is 315. The van der Waals surface area contributed by atoms with Gasteiger partial charge in [0.05, 0.1) is 6.61 Å². The largest absolute Gasteiger partial charge is 0.346 e. The second-order valence-electron chi connectivity index (χ2n) is 5.38. The van der Waals surface area contributed by atoms with E-state index in [1.54, 1.807) is 0 Å². The minimum absolute atomic E-state index is 0.439.